The molecule has 176 valence electrons. The van der Waals surface area contributed by atoms with E-state index in [-0.39, 0.29) is 0 Å². The predicted molar refractivity (Wildman–Crippen MR) is 127 cm³/mol. The van der Waals surface area contributed by atoms with E-state index in [2.05, 4.69) is 17.1 Å². The van der Waals surface area contributed by atoms with E-state index in [1.165, 1.54) is 18.9 Å². The normalized spacial score (nSPS) is 13.9. The molecule has 0 saturated carbocycles. The molecule has 0 aliphatic carbocycles. The molecule has 1 fully saturated rings. The lowest BCUT2D eigenvalue weighted by molar-refractivity contribution is 0.122. The highest BCUT2D eigenvalue weighted by Crippen LogP contribution is 2.31. The fraction of sp³-hybridized carbons (Fsp3) is 0.455. The largest absolute Gasteiger partial charge is 0.495 e. The van der Waals surface area contributed by atoms with Gasteiger partial charge in [-0.05, 0) is 17.7 Å². The van der Waals surface area contributed by atoms with Gasteiger partial charge in [-0.2, -0.15) is 0 Å². The third-order valence-corrected chi connectivity index (χ3v) is 6.37. The molecule has 0 radical (unpaired) electrons. The number of imidazole rings is 1. The summed E-state index contributed by atoms with van der Waals surface area (Å²) >= 11 is 1.53. The maximum Gasteiger partial charge on any atom is 0.411 e. The number of hydrogen-bond acceptors (Lipinski definition) is 9. The summed E-state index contributed by atoms with van der Waals surface area (Å²) in [5, 5.41) is 3.36. The highest BCUT2D eigenvalue weighted by atomic mass is 32.2. The average Bonchev–Trinajstić information content (AvgIpc) is 3.18. The number of carbonyl (C=O) groups excluding carboxylic acids is 1. The molecule has 1 amide bonds. The summed E-state index contributed by atoms with van der Waals surface area (Å²) < 4.78 is 17.6. The number of hydrogen-bond donors (Lipinski definition) is 1. The van der Waals surface area contributed by atoms with E-state index in [0.717, 1.165) is 47.9 Å². The molecule has 11 heteroatoms. The molecular weight excluding hydrogens is 444 g/mol. The minimum absolute atomic E-state index is 0.548. The number of nitrogens with zero attached hydrogens (tertiary/aromatic N) is 5. The Morgan fingerprint density at radius 2 is 2.00 bits per heavy atom. The smallest absolute Gasteiger partial charge is 0.411 e. The van der Waals surface area contributed by atoms with Crippen molar-refractivity contribution in [2.75, 3.05) is 50.7 Å². The Morgan fingerprint density at radius 3 is 2.70 bits per heavy atom. The summed E-state index contributed by atoms with van der Waals surface area (Å²) in [6.45, 7) is 4.97. The van der Waals surface area contributed by atoms with Gasteiger partial charge in [0.25, 0.3) is 0 Å². The first-order valence-corrected chi connectivity index (χ1v) is 11.7. The van der Waals surface area contributed by atoms with Crippen LogP contribution in [0.15, 0.2) is 23.4 Å². The molecule has 1 N–H and O–H groups in total. The van der Waals surface area contributed by atoms with Crippen molar-refractivity contribution in [3.8, 4) is 5.75 Å². The van der Waals surface area contributed by atoms with E-state index in [4.69, 9.17) is 29.2 Å². The van der Waals surface area contributed by atoms with Crippen LogP contribution in [-0.4, -0.2) is 66.1 Å². The zero-order chi connectivity index (χ0) is 23.4. The lowest BCUT2D eigenvalue weighted by Crippen LogP contribution is -2.37. The molecule has 2 aromatic heterocycles. The number of thioether (sulfide) groups is 1. The molecule has 0 bridgehead atoms. The van der Waals surface area contributed by atoms with Gasteiger partial charge >= 0.3 is 6.09 Å². The lowest BCUT2D eigenvalue weighted by atomic mass is 10.2. The number of anilines is 2. The van der Waals surface area contributed by atoms with Crippen molar-refractivity contribution in [1.29, 1.82) is 0 Å². The van der Waals surface area contributed by atoms with Gasteiger partial charge in [0.1, 0.15) is 11.6 Å². The second-order valence-electron chi connectivity index (χ2n) is 7.48. The van der Waals surface area contributed by atoms with E-state index in [0.29, 0.717) is 35.6 Å². The Balaban J connectivity index is 1.63. The summed E-state index contributed by atoms with van der Waals surface area (Å²) in [5.41, 5.74) is 3.19. The summed E-state index contributed by atoms with van der Waals surface area (Å²) in [6, 6.07) is 5.64. The van der Waals surface area contributed by atoms with E-state index < -0.39 is 6.09 Å². The van der Waals surface area contributed by atoms with Crippen LogP contribution >= 0.6 is 11.8 Å². The molecule has 1 aromatic carbocycles. The van der Waals surface area contributed by atoms with Gasteiger partial charge in [-0.3, -0.25) is 5.32 Å². The number of amides is 1. The molecule has 1 aliphatic rings. The summed E-state index contributed by atoms with van der Waals surface area (Å²) in [7, 11) is 4.87. The van der Waals surface area contributed by atoms with Gasteiger partial charge < -0.3 is 23.7 Å². The molecular formula is C22H28N6O4S. The first-order chi connectivity index (χ1) is 16.0. The SMILES string of the molecule is CCc1nc2c(N3CCOCC3)nc(SCc3ccc(OC)c(NC(=O)OC)c3)nc2n1C. The highest BCUT2D eigenvalue weighted by Gasteiger charge is 2.22. The van der Waals surface area contributed by atoms with Gasteiger partial charge in [0.05, 0.1) is 33.1 Å². The van der Waals surface area contributed by atoms with Crippen molar-refractivity contribution < 1.29 is 19.0 Å². The summed E-state index contributed by atoms with van der Waals surface area (Å²) in [4.78, 5) is 28.4. The summed E-state index contributed by atoms with van der Waals surface area (Å²) in [6.07, 6.45) is 0.268. The Hall–Kier alpha value is -3.05. The number of fused-ring (bicyclic) bond motifs is 1. The van der Waals surface area contributed by atoms with E-state index in [1.54, 1.807) is 7.11 Å². The van der Waals surface area contributed by atoms with Gasteiger partial charge in [0.2, 0.25) is 0 Å². The zero-order valence-electron chi connectivity index (χ0n) is 19.3. The number of ether oxygens (including phenoxy) is 3. The number of rotatable bonds is 7. The molecule has 1 saturated heterocycles. The Kier molecular flexibility index (Phi) is 7.19. The average molecular weight is 473 g/mol. The molecule has 1 aliphatic heterocycles. The van der Waals surface area contributed by atoms with Crippen LogP contribution in [0, 0.1) is 0 Å². The Labute approximate surface area is 196 Å². The number of methoxy groups -OCH3 is 2. The number of nitrogens with one attached hydrogen (secondary N) is 1. The van der Waals surface area contributed by atoms with Crippen molar-refractivity contribution in [3.05, 3.63) is 29.6 Å². The van der Waals surface area contributed by atoms with Crippen LogP contribution in [0.25, 0.3) is 11.2 Å². The molecule has 3 aromatic rings. The standard InChI is InChI=1S/C22H28N6O4S/c1-5-17-24-18-19(27(17)2)25-21(26-20(18)28-8-10-32-11-9-28)33-13-14-6-7-16(30-3)15(12-14)23-22(29)31-4/h6-7,12H,5,8-11,13H2,1-4H3,(H,23,29). The number of benzene rings is 1. The van der Waals surface area contributed by atoms with Crippen LogP contribution in [0.5, 0.6) is 5.75 Å². The fourth-order valence-electron chi connectivity index (χ4n) is 3.70. The van der Waals surface area contributed by atoms with Crippen molar-refractivity contribution in [3.63, 3.8) is 0 Å². The Bertz CT molecular complexity index is 1150. The van der Waals surface area contributed by atoms with Gasteiger partial charge in [0, 0.05) is 32.3 Å². The van der Waals surface area contributed by atoms with E-state index in [1.807, 2.05) is 29.8 Å². The molecule has 0 atom stereocenters. The second-order valence-corrected chi connectivity index (χ2v) is 8.42. The Morgan fingerprint density at radius 1 is 1.21 bits per heavy atom. The van der Waals surface area contributed by atoms with Crippen molar-refractivity contribution in [2.24, 2.45) is 7.05 Å². The van der Waals surface area contributed by atoms with Gasteiger partial charge in [-0.25, -0.2) is 19.7 Å². The van der Waals surface area contributed by atoms with Crippen LogP contribution in [0.2, 0.25) is 0 Å². The van der Waals surface area contributed by atoms with Crippen molar-refractivity contribution in [2.45, 2.75) is 24.3 Å². The lowest BCUT2D eigenvalue weighted by Gasteiger charge is -2.28. The molecule has 0 unspecified atom stereocenters. The number of morpholine rings is 1. The topological polar surface area (TPSA) is 104 Å². The first kappa shape index (κ1) is 23.1. The maximum atomic E-state index is 11.7. The number of carbonyl (C=O) groups is 1. The minimum Gasteiger partial charge on any atom is -0.495 e. The fourth-order valence-corrected chi connectivity index (χ4v) is 4.48. The third kappa shape index (κ3) is 4.98. The predicted octanol–water partition coefficient (Wildman–Crippen LogP) is 3.24. The monoisotopic (exact) mass is 472 g/mol. The summed E-state index contributed by atoms with van der Waals surface area (Å²) in [5.74, 6) is 3.00. The van der Waals surface area contributed by atoms with E-state index >= 15 is 0 Å². The zero-order valence-corrected chi connectivity index (χ0v) is 20.1. The highest BCUT2D eigenvalue weighted by molar-refractivity contribution is 7.98. The van der Waals surface area contributed by atoms with Crippen molar-refractivity contribution in [1.82, 2.24) is 19.5 Å². The number of aromatic nitrogens is 4. The van der Waals surface area contributed by atoms with Gasteiger partial charge in [0.15, 0.2) is 22.1 Å². The van der Waals surface area contributed by atoms with Crippen molar-refractivity contribution >= 4 is 40.5 Å². The second kappa shape index (κ2) is 10.3. The van der Waals surface area contributed by atoms with Crippen LogP contribution in [0.4, 0.5) is 16.3 Å². The quantitative estimate of drug-likeness (QED) is 0.410. The van der Waals surface area contributed by atoms with E-state index in [9.17, 15) is 4.79 Å². The maximum absolute atomic E-state index is 11.7. The molecule has 10 nitrogen and oxygen atoms in total. The van der Waals surface area contributed by atoms with Crippen LogP contribution in [0.3, 0.4) is 0 Å². The van der Waals surface area contributed by atoms with Gasteiger partial charge in [-0.1, -0.05) is 24.8 Å². The number of aryl methyl sites for hydroxylation is 2. The minimum atomic E-state index is -0.551. The first-order valence-electron chi connectivity index (χ1n) is 10.7. The molecule has 3 heterocycles. The third-order valence-electron chi connectivity index (χ3n) is 5.45. The van der Waals surface area contributed by atoms with Gasteiger partial charge in [-0.15, -0.1) is 0 Å². The van der Waals surface area contributed by atoms with Crippen LogP contribution in [-0.2, 0) is 28.7 Å². The molecule has 4 rings (SSSR count). The molecule has 33 heavy (non-hydrogen) atoms. The van der Waals surface area contributed by atoms with Crippen LogP contribution in [0.1, 0.15) is 18.3 Å². The van der Waals surface area contributed by atoms with Crippen LogP contribution < -0.4 is 15.0 Å². The molecule has 0 spiro atoms.